The molecule has 9 heteroatoms. The summed E-state index contributed by atoms with van der Waals surface area (Å²) in [7, 11) is 0. The number of hydrogen-bond donors (Lipinski definition) is 1. The van der Waals surface area contributed by atoms with Crippen molar-refractivity contribution in [1.82, 2.24) is 0 Å². The molecule has 1 aromatic rings. The molecule has 0 spiro atoms. The zero-order valence-electron chi connectivity index (χ0n) is 17.8. The Morgan fingerprint density at radius 2 is 1.52 bits per heavy atom. The molecule has 1 N–H and O–H groups in total. The standard InChI is InChI=1S/C22H20O9/c1-8-18(29-11(4)25)16(10(3)24)20-17(19(8)30-12(5)26)22(6)14(31-20)7-13(27)15(9(2)23)21(22)28/h7,27H,1-6H3. The van der Waals surface area contributed by atoms with E-state index in [1.165, 1.54) is 20.8 Å². The van der Waals surface area contributed by atoms with Crippen LogP contribution in [-0.2, 0) is 24.6 Å². The molecule has 31 heavy (non-hydrogen) atoms. The summed E-state index contributed by atoms with van der Waals surface area (Å²) in [5, 5.41) is 10.2. The van der Waals surface area contributed by atoms with Gasteiger partial charge in [0, 0.05) is 25.5 Å². The molecule has 1 unspecified atom stereocenters. The van der Waals surface area contributed by atoms with E-state index in [1.54, 1.807) is 0 Å². The third kappa shape index (κ3) is 3.13. The fraction of sp³-hybridized carbons (Fsp3) is 0.318. The molecule has 162 valence electrons. The number of rotatable bonds is 4. The molecule has 0 radical (unpaired) electrons. The summed E-state index contributed by atoms with van der Waals surface area (Å²) in [6, 6.07) is 0. The highest BCUT2D eigenvalue weighted by molar-refractivity contribution is 6.26. The summed E-state index contributed by atoms with van der Waals surface area (Å²) < 4.78 is 16.4. The van der Waals surface area contributed by atoms with Crippen LogP contribution in [0.3, 0.4) is 0 Å². The molecule has 3 rings (SSSR count). The van der Waals surface area contributed by atoms with Gasteiger partial charge in [0.15, 0.2) is 23.1 Å². The molecular formula is C22H20O9. The number of Topliss-reactive ketones (excluding diaryl/α,β-unsaturated/α-hetero) is 3. The van der Waals surface area contributed by atoms with Gasteiger partial charge in [-0.1, -0.05) is 0 Å². The normalized spacial score (nSPS) is 19.2. The maximum absolute atomic E-state index is 13.4. The number of ether oxygens (including phenoxy) is 3. The number of carbonyl (C=O) groups excluding carboxylic acids is 5. The Morgan fingerprint density at radius 1 is 0.968 bits per heavy atom. The van der Waals surface area contributed by atoms with Crippen LogP contribution < -0.4 is 14.2 Å². The Labute approximate surface area is 177 Å². The largest absolute Gasteiger partial charge is 0.507 e. The van der Waals surface area contributed by atoms with Crippen LogP contribution in [-0.4, -0.2) is 34.4 Å². The van der Waals surface area contributed by atoms with E-state index in [9.17, 15) is 29.1 Å². The van der Waals surface area contributed by atoms with Crippen molar-refractivity contribution in [3.8, 4) is 17.2 Å². The Bertz CT molecular complexity index is 1170. The van der Waals surface area contributed by atoms with Gasteiger partial charge in [0.25, 0.3) is 0 Å². The summed E-state index contributed by atoms with van der Waals surface area (Å²) in [5.41, 5.74) is -2.09. The van der Waals surface area contributed by atoms with E-state index in [0.717, 1.165) is 26.8 Å². The SMILES string of the molecule is CC(=O)Oc1c(C)c(OC(C)=O)c2c(c1C(C)=O)OC1=CC(O)=C(C(C)=O)C(=O)C12C. The number of fused-ring (bicyclic) bond motifs is 3. The molecule has 0 saturated carbocycles. The highest BCUT2D eigenvalue weighted by Crippen LogP contribution is 2.58. The van der Waals surface area contributed by atoms with E-state index < -0.39 is 46.0 Å². The summed E-state index contributed by atoms with van der Waals surface area (Å²) in [6.07, 6.45) is 1.11. The number of carbonyl (C=O) groups is 5. The second kappa shape index (κ2) is 7.19. The van der Waals surface area contributed by atoms with E-state index in [1.807, 2.05) is 0 Å². The predicted octanol–water partition coefficient (Wildman–Crippen LogP) is 2.57. The summed E-state index contributed by atoms with van der Waals surface area (Å²) >= 11 is 0. The smallest absolute Gasteiger partial charge is 0.308 e. The van der Waals surface area contributed by atoms with Crippen molar-refractivity contribution in [3.05, 3.63) is 39.9 Å². The van der Waals surface area contributed by atoms with Gasteiger partial charge in [0.2, 0.25) is 0 Å². The average Bonchev–Trinajstić information content (AvgIpc) is 2.90. The van der Waals surface area contributed by atoms with Crippen LogP contribution >= 0.6 is 0 Å². The van der Waals surface area contributed by atoms with Crippen LogP contribution in [0.15, 0.2) is 23.2 Å². The van der Waals surface area contributed by atoms with E-state index in [-0.39, 0.29) is 39.7 Å². The first-order valence-electron chi connectivity index (χ1n) is 9.30. The lowest BCUT2D eigenvalue weighted by Crippen LogP contribution is -2.39. The first-order valence-corrected chi connectivity index (χ1v) is 9.30. The molecule has 9 nitrogen and oxygen atoms in total. The van der Waals surface area contributed by atoms with Crippen molar-refractivity contribution < 1.29 is 43.3 Å². The lowest BCUT2D eigenvalue weighted by Gasteiger charge is -2.28. The van der Waals surface area contributed by atoms with E-state index >= 15 is 0 Å². The lowest BCUT2D eigenvalue weighted by atomic mass is 9.70. The summed E-state index contributed by atoms with van der Waals surface area (Å²) in [4.78, 5) is 61.5. The van der Waals surface area contributed by atoms with Crippen molar-refractivity contribution in [2.75, 3.05) is 0 Å². The van der Waals surface area contributed by atoms with Crippen molar-refractivity contribution in [1.29, 1.82) is 0 Å². The Balaban J connectivity index is 2.47. The molecular weight excluding hydrogens is 408 g/mol. The van der Waals surface area contributed by atoms with E-state index in [2.05, 4.69) is 0 Å². The quantitative estimate of drug-likeness (QED) is 0.332. The highest BCUT2D eigenvalue weighted by Gasteiger charge is 2.56. The van der Waals surface area contributed by atoms with Gasteiger partial charge in [-0.2, -0.15) is 0 Å². The Kier molecular flexibility index (Phi) is 5.09. The van der Waals surface area contributed by atoms with E-state index in [4.69, 9.17) is 14.2 Å². The molecule has 0 bridgehead atoms. The van der Waals surface area contributed by atoms with Gasteiger partial charge in [-0.05, 0) is 27.7 Å². The Hall–Kier alpha value is -3.75. The zero-order chi connectivity index (χ0) is 23.4. The minimum Gasteiger partial charge on any atom is -0.507 e. The van der Waals surface area contributed by atoms with Gasteiger partial charge in [-0.3, -0.25) is 24.0 Å². The van der Waals surface area contributed by atoms with Gasteiger partial charge in [-0.25, -0.2) is 0 Å². The minimum absolute atomic E-state index is 0.0313. The number of hydrogen-bond acceptors (Lipinski definition) is 9. The van der Waals surface area contributed by atoms with Gasteiger partial charge in [0.05, 0.1) is 5.56 Å². The van der Waals surface area contributed by atoms with Crippen LogP contribution in [0.5, 0.6) is 17.2 Å². The molecule has 0 aromatic heterocycles. The highest BCUT2D eigenvalue weighted by atomic mass is 16.6. The van der Waals surface area contributed by atoms with Crippen molar-refractivity contribution in [3.63, 3.8) is 0 Å². The third-order valence-electron chi connectivity index (χ3n) is 5.20. The first kappa shape index (κ1) is 21.9. The van der Waals surface area contributed by atoms with Crippen LogP contribution in [0.4, 0.5) is 0 Å². The Morgan fingerprint density at radius 3 is 2.00 bits per heavy atom. The van der Waals surface area contributed by atoms with Crippen LogP contribution in [0.2, 0.25) is 0 Å². The molecule has 1 aliphatic carbocycles. The molecule has 1 aromatic carbocycles. The monoisotopic (exact) mass is 428 g/mol. The lowest BCUT2D eigenvalue weighted by molar-refractivity contribution is -0.132. The zero-order valence-corrected chi connectivity index (χ0v) is 17.8. The second-order valence-corrected chi connectivity index (χ2v) is 7.49. The average molecular weight is 428 g/mol. The summed E-state index contributed by atoms with van der Waals surface area (Å²) in [5.74, 6) is -4.54. The molecule has 0 fully saturated rings. The summed E-state index contributed by atoms with van der Waals surface area (Å²) in [6.45, 7) is 7.52. The minimum atomic E-state index is -1.67. The van der Waals surface area contributed by atoms with Crippen LogP contribution in [0, 0.1) is 6.92 Å². The van der Waals surface area contributed by atoms with Gasteiger partial charge < -0.3 is 19.3 Å². The maximum atomic E-state index is 13.4. The fourth-order valence-electron chi connectivity index (χ4n) is 3.87. The third-order valence-corrected chi connectivity index (χ3v) is 5.20. The van der Waals surface area contributed by atoms with Crippen LogP contribution in [0.1, 0.15) is 56.1 Å². The number of ketones is 3. The topological polar surface area (TPSA) is 133 Å². The number of allylic oxidation sites excluding steroid dienone is 3. The second-order valence-electron chi connectivity index (χ2n) is 7.49. The molecule has 2 aliphatic rings. The number of esters is 2. The van der Waals surface area contributed by atoms with Crippen molar-refractivity contribution in [2.24, 2.45) is 0 Å². The first-order chi connectivity index (χ1) is 14.3. The molecule has 0 saturated heterocycles. The molecule has 0 amide bonds. The number of benzene rings is 1. The molecule has 1 atom stereocenters. The predicted molar refractivity (Wildman–Crippen MR) is 105 cm³/mol. The maximum Gasteiger partial charge on any atom is 0.308 e. The van der Waals surface area contributed by atoms with E-state index in [0.29, 0.717) is 0 Å². The van der Waals surface area contributed by atoms with Crippen molar-refractivity contribution >= 4 is 29.3 Å². The molecule has 1 heterocycles. The van der Waals surface area contributed by atoms with Crippen LogP contribution in [0.25, 0.3) is 0 Å². The fourth-order valence-corrected chi connectivity index (χ4v) is 3.87. The molecule has 1 aliphatic heterocycles. The number of aliphatic hydroxyl groups excluding tert-OH is 1. The number of aliphatic hydroxyl groups is 1. The van der Waals surface area contributed by atoms with Gasteiger partial charge in [0.1, 0.15) is 39.6 Å². The van der Waals surface area contributed by atoms with Gasteiger partial charge in [-0.15, -0.1) is 0 Å². The van der Waals surface area contributed by atoms with Crippen molar-refractivity contribution in [2.45, 2.75) is 47.0 Å². The van der Waals surface area contributed by atoms with Gasteiger partial charge >= 0.3 is 11.9 Å².